The largest absolute Gasteiger partial charge is 0.495 e. The van der Waals surface area contributed by atoms with Gasteiger partial charge in [-0.3, -0.25) is 4.79 Å². The number of ether oxygens (including phenoxy) is 2. The summed E-state index contributed by atoms with van der Waals surface area (Å²) in [6, 6.07) is 12.2. The number of nitrogens with one attached hydrogen (secondary N) is 1. The van der Waals surface area contributed by atoms with Crippen LogP contribution in [0.2, 0.25) is 5.02 Å². The molecule has 184 valence electrons. The lowest BCUT2D eigenvalue weighted by Gasteiger charge is -2.36. The van der Waals surface area contributed by atoms with E-state index in [-0.39, 0.29) is 41.9 Å². The number of benzene rings is 2. The molecule has 1 N–H and O–H groups in total. The Kier molecular flexibility index (Phi) is 8.76. The zero-order chi connectivity index (χ0) is 24.7. The van der Waals surface area contributed by atoms with Crippen LogP contribution in [-0.4, -0.2) is 76.2 Å². The van der Waals surface area contributed by atoms with E-state index in [1.165, 1.54) is 30.2 Å². The Balaban J connectivity index is 1.79. The predicted molar refractivity (Wildman–Crippen MR) is 127 cm³/mol. The first-order valence-corrected chi connectivity index (χ1v) is 12.7. The van der Waals surface area contributed by atoms with Crippen molar-refractivity contribution in [2.45, 2.75) is 24.3 Å². The molecule has 34 heavy (non-hydrogen) atoms. The summed E-state index contributed by atoms with van der Waals surface area (Å²) in [6.45, 7) is 3.17. The predicted octanol–water partition coefficient (Wildman–Crippen LogP) is 2.54. The van der Waals surface area contributed by atoms with Crippen LogP contribution in [0.15, 0.2) is 53.4 Å². The van der Waals surface area contributed by atoms with Gasteiger partial charge in [-0.15, -0.1) is 0 Å². The zero-order valence-electron chi connectivity index (χ0n) is 19.1. The summed E-state index contributed by atoms with van der Waals surface area (Å²) in [6.07, 6.45) is -0.256. The van der Waals surface area contributed by atoms with Gasteiger partial charge >= 0.3 is 6.09 Å². The standard InChI is InChI=1S/C23H28ClN3O6S/c1-3-33-23(29)27-13-11-26(12-14-27)22(28)20(15-17-7-5-4-6-8-17)25-34(30,31)18-9-10-21(32-2)19(24)16-18/h4-10,16,20,25H,3,11-15H2,1-2H3/t20-/m1/s1. The molecule has 0 spiro atoms. The highest BCUT2D eigenvalue weighted by Gasteiger charge is 2.32. The smallest absolute Gasteiger partial charge is 0.409 e. The highest BCUT2D eigenvalue weighted by Crippen LogP contribution is 2.27. The van der Waals surface area contributed by atoms with Crippen LogP contribution in [0.3, 0.4) is 0 Å². The lowest BCUT2D eigenvalue weighted by Crippen LogP contribution is -2.56. The molecule has 1 aliphatic heterocycles. The minimum atomic E-state index is -4.06. The third-order valence-electron chi connectivity index (χ3n) is 5.43. The van der Waals surface area contributed by atoms with E-state index < -0.39 is 22.2 Å². The number of methoxy groups -OCH3 is 1. The van der Waals surface area contributed by atoms with Gasteiger partial charge in [-0.05, 0) is 37.1 Å². The van der Waals surface area contributed by atoms with E-state index in [9.17, 15) is 18.0 Å². The summed E-state index contributed by atoms with van der Waals surface area (Å²) in [5.41, 5.74) is 0.807. The van der Waals surface area contributed by atoms with Gasteiger partial charge in [0.25, 0.3) is 0 Å². The first-order chi connectivity index (χ1) is 16.2. The highest BCUT2D eigenvalue weighted by atomic mass is 35.5. The summed E-state index contributed by atoms with van der Waals surface area (Å²) in [7, 11) is -2.63. The third-order valence-corrected chi connectivity index (χ3v) is 7.19. The topological polar surface area (TPSA) is 105 Å². The van der Waals surface area contributed by atoms with Crippen LogP contribution in [0.1, 0.15) is 12.5 Å². The van der Waals surface area contributed by atoms with Gasteiger partial charge in [0.1, 0.15) is 11.8 Å². The summed E-state index contributed by atoms with van der Waals surface area (Å²) < 4.78 is 38.9. The maximum atomic E-state index is 13.4. The number of hydrogen-bond donors (Lipinski definition) is 1. The van der Waals surface area contributed by atoms with Crippen LogP contribution < -0.4 is 9.46 Å². The van der Waals surface area contributed by atoms with Crippen molar-refractivity contribution in [3.8, 4) is 5.75 Å². The Morgan fingerprint density at radius 1 is 1.06 bits per heavy atom. The number of nitrogens with zero attached hydrogens (tertiary/aromatic N) is 2. The average Bonchev–Trinajstić information content (AvgIpc) is 2.84. The Morgan fingerprint density at radius 2 is 1.71 bits per heavy atom. The normalized spacial score (nSPS) is 15.0. The molecule has 1 aliphatic rings. The molecular formula is C23H28ClN3O6S. The molecule has 2 aromatic carbocycles. The van der Waals surface area contributed by atoms with Crippen molar-refractivity contribution in [3.63, 3.8) is 0 Å². The van der Waals surface area contributed by atoms with Crippen LogP contribution in [0.5, 0.6) is 5.75 Å². The Morgan fingerprint density at radius 3 is 2.29 bits per heavy atom. The van der Waals surface area contributed by atoms with Gasteiger partial charge in [-0.25, -0.2) is 13.2 Å². The number of carbonyl (C=O) groups excluding carboxylic acids is 2. The Labute approximate surface area is 204 Å². The molecule has 9 nitrogen and oxygen atoms in total. The molecule has 0 aliphatic carbocycles. The molecule has 0 saturated carbocycles. The molecular weight excluding hydrogens is 482 g/mol. The maximum Gasteiger partial charge on any atom is 0.409 e. The van der Waals surface area contributed by atoms with E-state index in [4.69, 9.17) is 21.1 Å². The van der Waals surface area contributed by atoms with Gasteiger partial charge in [0.2, 0.25) is 15.9 Å². The minimum absolute atomic E-state index is 0.0729. The molecule has 1 fully saturated rings. The van der Waals surface area contributed by atoms with Crippen molar-refractivity contribution in [1.29, 1.82) is 0 Å². The minimum Gasteiger partial charge on any atom is -0.495 e. The number of hydrogen-bond acceptors (Lipinski definition) is 6. The molecule has 2 aromatic rings. The second-order valence-corrected chi connectivity index (χ2v) is 9.79. The van der Waals surface area contributed by atoms with Crippen LogP contribution in [0.25, 0.3) is 0 Å². The van der Waals surface area contributed by atoms with E-state index in [1.807, 2.05) is 30.3 Å². The highest BCUT2D eigenvalue weighted by molar-refractivity contribution is 7.89. The summed E-state index contributed by atoms with van der Waals surface area (Å²) in [5, 5.41) is 0.145. The van der Waals surface area contributed by atoms with Gasteiger partial charge in [0.15, 0.2) is 0 Å². The molecule has 0 radical (unpaired) electrons. The number of rotatable bonds is 8. The lowest BCUT2D eigenvalue weighted by atomic mass is 10.1. The summed E-state index contributed by atoms with van der Waals surface area (Å²) >= 11 is 6.11. The van der Waals surface area contributed by atoms with Crippen molar-refractivity contribution in [2.24, 2.45) is 0 Å². The molecule has 2 amide bonds. The maximum absolute atomic E-state index is 13.4. The second-order valence-electron chi connectivity index (χ2n) is 7.67. The van der Waals surface area contributed by atoms with Crippen LogP contribution in [-0.2, 0) is 26.0 Å². The van der Waals surface area contributed by atoms with Crippen molar-refractivity contribution < 1.29 is 27.5 Å². The summed E-state index contributed by atoms with van der Waals surface area (Å²) in [5.74, 6) is -0.0208. The summed E-state index contributed by atoms with van der Waals surface area (Å²) in [4.78, 5) is 28.4. The van der Waals surface area contributed by atoms with E-state index in [2.05, 4.69) is 4.72 Å². The molecule has 1 atom stereocenters. The number of sulfonamides is 1. The van der Waals surface area contributed by atoms with Crippen LogP contribution >= 0.6 is 11.6 Å². The van der Waals surface area contributed by atoms with Crippen molar-refractivity contribution in [3.05, 3.63) is 59.1 Å². The van der Waals surface area contributed by atoms with Crippen molar-refractivity contribution >= 4 is 33.6 Å². The lowest BCUT2D eigenvalue weighted by molar-refractivity contribution is -0.134. The molecule has 11 heteroatoms. The Hall–Kier alpha value is -2.82. The number of amides is 2. The number of carbonyl (C=O) groups is 2. The van der Waals surface area contributed by atoms with Gasteiger partial charge < -0.3 is 19.3 Å². The number of piperazine rings is 1. The van der Waals surface area contributed by atoms with Crippen molar-refractivity contribution in [1.82, 2.24) is 14.5 Å². The molecule has 1 heterocycles. The molecule has 0 aromatic heterocycles. The van der Waals surface area contributed by atoms with Gasteiger partial charge in [-0.2, -0.15) is 4.72 Å². The average molecular weight is 510 g/mol. The fraction of sp³-hybridized carbons (Fsp3) is 0.391. The van der Waals surface area contributed by atoms with E-state index in [1.54, 1.807) is 11.8 Å². The molecule has 1 saturated heterocycles. The van der Waals surface area contributed by atoms with Crippen molar-refractivity contribution in [2.75, 3.05) is 39.9 Å². The fourth-order valence-corrected chi connectivity index (χ4v) is 5.18. The quantitative estimate of drug-likeness (QED) is 0.586. The second kappa shape index (κ2) is 11.5. The first-order valence-electron chi connectivity index (χ1n) is 10.9. The van der Waals surface area contributed by atoms with Gasteiger partial charge in [0, 0.05) is 26.2 Å². The van der Waals surface area contributed by atoms with E-state index in [0.29, 0.717) is 18.8 Å². The van der Waals surface area contributed by atoms with Gasteiger partial charge in [-0.1, -0.05) is 41.9 Å². The fourth-order valence-electron chi connectivity index (χ4n) is 3.64. The van der Waals surface area contributed by atoms with E-state index in [0.717, 1.165) is 5.56 Å². The Bertz CT molecular complexity index is 1100. The third kappa shape index (κ3) is 6.40. The molecule has 0 unspecified atom stereocenters. The number of halogens is 1. The zero-order valence-corrected chi connectivity index (χ0v) is 20.6. The van der Waals surface area contributed by atoms with Crippen LogP contribution in [0.4, 0.5) is 4.79 Å². The molecule has 0 bridgehead atoms. The van der Waals surface area contributed by atoms with E-state index >= 15 is 0 Å². The SMILES string of the molecule is CCOC(=O)N1CCN(C(=O)[C@@H](Cc2ccccc2)NS(=O)(=O)c2ccc(OC)c(Cl)c2)CC1. The molecule has 3 rings (SSSR count). The van der Waals surface area contributed by atoms with Crippen LogP contribution in [0, 0.1) is 0 Å². The first kappa shape index (κ1) is 25.8. The van der Waals surface area contributed by atoms with Gasteiger partial charge in [0.05, 0.1) is 23.6 Å². The monoisotopic (exact) mass is 509 g/mol.